The Kier molecular flexibility index (Phi) is 6350. The molecule has 0 aromatic carbocycles. The van der Waals surface area contributed by atoms with E-state index in [2.05, 4.69) is 0 Å². The molecule has 0 bridgehead atoms. The van der Waals surface area contributed by atoms with Gasteiger partial charge in [0.2, 0.25) is 0 Å². The summed E-state index contributed by atoms with van der Waals surface area (Å²) in [6, 6.07) is 0. The smallest absolute Gasteiger partial charge is 2.00 e. The van der Waals surface area contributed by atoms with E-state index in [4.69, 9.17) is 0 Å². The van der Waals surface area contributed by atoms with Crippen molar-refractivity contribution in [1.29, 1.82) is 0 Å². The van der Waals surface area contributed by atoms with Gasteiger partial charge in [-0.15, -0.1) is 0 Å². The molecule has 3 radical (unpaired) electrons. The summed E-state index contributed by atoms with van der Waals surface area (Å²) < 4.78 is 0. The van der Waals surface area contributed by atoms with Crippen molar-refractivity contribution < 1.29 is 98.1 Å². The van der Waals surface area contributed by atoms with Crippen molar-refractivity contribution in [3.63, 3.8) is 0 Å². The molecule has 0 aliphatic carbocycles. The summed E-state index contributed by atoms with van der Waals surface area (Å²) in [4.78, 5) is 0. The van der Waals surface area contributed by atoms with Crippen LogP contribution in [0.15, 0.2) is 0 Å². The van der Waals surface area contributed by atoms with Crippen LogP contribution in [0.4, 0.5) is 0 Å². The minimum atomic E-state index is 0. The number of hydrogen-bond acceptors (Lipinski definition) is 0. The molecule has 0 unspecified atom stereocenters. The van der Waals surface area contributed by atoms with Crippen molar-refractivity contribution in [2.45, 2.75) is 0 Å². The van der Waals surface area contributed by atoms with Crippen LogP contribution < -0.4 is 0 Å². The Bertz CT molecular complexity index is 14.9. The minimum Gasteiger partial charge on any atom is -2.00 e. The molecule has 0 rings (SSSR count). The molecule has 9 heavy (non-hydrogen) atoms. The average molecular weight is 312 g/mol. The van der Waals surface area contributed by atoms with Crippen LogP contribution in [0.2, 0.25) is 0 Å². The van der Waals surface area contributed by atoms with E-state index in [9.17, 15) is 0 Å². The molecule has 0 saturated heterocycles. The third-order valence-electron chi connectivity index (χ3n) is 0. The molecule has 0 spiro atoms. The average Bonchev–Trinajstić information content (AvgIpc) is 0. The fourth-order valence-corrected chi connectivity index (χ4v) is 0. The Morgan fingerprint density at radius 2 is 0.444 bits per heavy atom. The van der Waals surface area contributed by atoms with Gasteiger partial charge in [-0.2, -0.15) is 0 Å². The first-order valence-corrected chi connectivity index (χ1v) is 0. The molecule has 0 amide bonds. The van der Waals surface area contributed by atoms with Gasteiger partial charge >= 0.3 is 70.7 Å². The first-order valence-electron chi connectivity index (χ1n) is 0. The summed E-state index contributed by atoms with van der Waals surface area (Å²) >= 11 is 0. The van der Waals surface area contributed by atoms with E-state index in [-0.39, 0.29) is 98.1 Å². The molecular weight excluding hydrogens is 312 g/mol. The zero-order valence-electron chi connectivity index (χ0n) is 3.83. The molecule has 5 nitrogen and oxygen atoms in total. The fraction of sp³-hybridized carbons (Fsp3) is 0. The molecule has 0 atom stereocenters. The summed E-state index contributed by atoms with van der Waals surface area (Å²) in [7, 11) is 0. The second-order valence-corrected chi connectivity index (χ2v) is 0. The van der Waals surface area contributed by atoms with Gasteiger partial charge in [0.25, 0.3) is 0 Å². The Labute approximate surface area is 97.4 Å². The van der Waals surface area contributed by atoms with Gasteiger partial charge in [0.1, 0.15) is 0 Å². The normalized spacial score (nSPS) is 0. The second kappa shape index (κ2) is 205. The van der Waals surface area contributed by atoms with Gasteiger partial charge < -0.3 is 27.4 Å². The maximum absolute atomic E-state index is 0. The molecule has 0 N–H and O–H groups in total. The quantitative estimate of drug-likeness (QED) is 0.526. The molecule has 0 aliphatic heterocycles. The van der Waals surface area contributed by atoms with E-state index in [1.165, 1.54) is 0 Å². The van der Waals surface area contributed by atoms with E-state index < -0.39 is 0 Å². The van der Waals surface area contributed by atoms with Gasteiger partial charge in [-0.25, -0.2) is 0 Å². The van der Waals surface area contributed by atoms with Crippen LogP contribution in [-0.2, 0) is 98.1 Å². The largest absolute Gasteiger partial charge is 3.00 e. The van der Waals surface area contributed by atoms with Crippen LogP contribution in [0.25, 0.3) is 0 Å². The van der Waals surface area contributed by atoms with Crippen LogP contribution >= 0.6 is 0 Å². The van der Waals surface area contributed by atoms with Crippen LogP contribution in [0.3, 0.4) is 0 Å². The van der Waals surface area contributed by atoms with Crippen LogP contribution in [0.1, 0.15) is 0 Å². The van der Waals surface area contributed by atoms with E-state index in [0.717, 1.165) is 0 Å². The molecular formula is Fe2MnO5Zn. The standard InChI is InChI=1S/2Fe.Mn.5O.Zn/q2*+3;+2;5*-2;+2. The van der Waals surface area contributed by atoms with Crippen molar-refractivity contribution >= 4 is 0 Å². The molecule has 9 heteroatoms. The van der Waals surface area contributed by atoms with Crippen molar-refractivity contribution in [3.05, 3.63) is 0 Å². The van der Waals surface area contributed by atoms with Crippen LogP contribution in [0.5, 0.6) is 0 Å². The van der Waals surface area contributed by atoms with Gasteiger partial charge in [-0.1, -0.05) is 0 Å². The van der Waals surface area contributed by atoms with E-state index >= 15 is 0 Å². The van der Waals surface area contributed by atoms with Crippen LogP contribution in [0, 0.1) is 0 Å². The first kappa shape index (κ1) is 279. The number of hydrogen-bond donors (Lipinski definition) is 0. The predicted molar refractivity (Wildman–Crippen MR) is 3.43 cm³/mol. The topological polar surface area (TPSA) is 142 Å². The van der Waals surface area contributed by atoms with Crippen LogP contribution in [-0.4, -0.2) is 0 Å². The van der Waals surface area contributed by atoms with Gasteiger partial charge in [-0.05, 0) is 0 Å². The maximum atomic E-state index is 0. The molecule has 0 heterocycles. The van der Waals surface area contributed by atoms with E-state index in [1.54, 1.807) is 0 Å². The molecule has 0 aromatic rings. The Hall–Kier alpha value is 1.98. The summed E-state index contributed by atoms with van der Waals surface area (Å²) in [5.74, 6) is 0. The van der Waals surface area contributed by atoms with E-state index in [0.29, 0.717) is 0 Å². The molecule has 0 aromatic heterocycles. The third kappa shape index (κ3) is 162. The van der Waals surface area contributed by atoms with Crippen molar-refractivity contribution in [2.24, 2.45) is 0 Å². The maximum Gasteiger partial charge on any atom is 3.00 e. The van der Waals surface area contributed by atoms with Gasteiger partial charge in [0.05, 0.1) is 0 Å². The zero-order chi connectivity index (χ0) is 0. The number of rotatable bonds is 0. The Morgan fingerprint density at radius 3 is 0.444 bits per heavy atom. The first-order chi connectivity index (χ1) is 0. The summed E-state index contributed by atoms with van der Waals surface area (Å²) in [6.07, 6.45) is 0. The van der Waals surface area contributed by atoms with Gasteiger partial charge in [0.15, 0.2) is 0 Å². The molecule has 55 valence electrons. The monoisotopic (exact) mass is 311 g/mol. The van der Waals surface area contributed by atoms with Gasteiger partial charge in [-0.3, -0.25) is 0 Å². The van der Waals surface area contributed by atoms with E-state index in [1.807, 2.05) is 0 Å². The Balaban J connectivity index is 0. The van der Waals surface area contributed by atoms with Crippen molar-refractivity contribution in [2.75, 3.05) is 0 Å². The molecule has 0 saturated carbocycles. The predicted octanol–water partition coefficient (Wildman–Crippen LogP) is -0.604. The van der Waals surface area contributed by atoms with Crippen molar-refractivity contribution in [3.8, 4) is 0 Å². The summed E-state index contributed by atoms with van der Waals surface area (Å²) in [6.45, 7) is 0. The third-order valence-corrected chi connectivity index (χ3v) is 0. The SMILES string of the molecule is [Fe+3].[Fe+3].[Mn+2].[O-2].[O-2].[O-2].[O-2].[O-2].[Zn+2]. The van der Waals surface area contributed by atoms with Gasteiger partial charge in [0, 0.05) is 0 Å². The Morgan fingerprint density at radius 1 is 0.444 bits per heavy atom. The second-order valence-electron chi connectivity index (χ2n) is 0. The molecule has 0 aliphatic rings. The fourth-order valence-electron chi connectivity index (χ4n) is 0. The summed E-state index contributed by atoms with van der Waals surface area (Å²) in [5, 5.41) is 0. The minimum absolute atomic E-state index is 0. The van der Waals surface area contributed by atoms with Crippen molar-refractivity contribution in [1.82, 2.24) is 0 Å². The zero-order valence-corrected chi connectivity index (χ0v) is 10.2. The summed E-state index contributed by atoms with van der Waals surface area (Å²) in [5.41, 5.74) is 0. The molecule has 0 fully saturated rings.